The summed E-state index contributed by atoms with van der Waals surface area (Å²) < 4.78 is 20.5. The largest absolute Gasteiger partial charge is 0.482 e. The third-order valence-corrected chi connectivity index (χ3v) is 3.24. The number of aryl methyl sites for hydroxylation is 1. The second-order valence-corrected chi connectivity index (χ2v) is 4.52. The van der Waals surface area contributed by atoms with Gasteiger partial charge in [-0.2, -0.15) is 0 Å². The highest BCUT2D eigenvalue weighted by molar-refractivity contribution is 5.97. The lowest BCUT2D eigenvalue weighted by molar-refractivity contribution is -0.121. The zero-order valence-corrected chi connectivity index (χ0v) is 10.9. The fraction of sp³-hybridized carbons (Fsp3) is 0.308. The van der Waals surface area contributed by atoms with Crippen LogP contribution in [0.25, 0.3) is 0 Å². The topological polar surface area (TPSA) is 60.2 Å². The van der Waals surface area contributed by atoms with Gasteiger partial charge in [-0.1, -0.05) is 0 Å². The molecule has 0 saturated heterocycles. The number of benzene rings is 1. The number of amides is 1. The third kappa shape index (κ3) is 2.22. The molecule has 0 aliphatic carbocycles. The van der Waals surface area contributed by atoms with Crippen molar-refractivity contribution in [1.29, 1.82) is 0 Å². The number of carbonyl (C=O) groups excluding carboxylic acids is 1. The van der Waals surface area contributed by atoms with Gasteiger partial charge in [0.05, 0.1) is 5.69 Å². The van der Waals surface area contributed by atoms with E-state index in [0.717, 1.165) is 5.82 Å². The first kappa shape index (κ1) is 12.6. The van der Waals surface area contributed by atoms with Crippen molar-refractivity contribution in [3.05, 3.63) is 36.2 Å². The van der Waals surface area contributed by atoms with E-state index in [0.29, 0.717) is 24.5 Å². The van der Waals surface area contributed by atoms with Crippen molar-refractivity contribution >= 4 is 11.6 Å². The lowest BCUT2D eigenvalue weighted by atomic mass is 10.2. The number of carbonyl (C=O) groups is 1. The van der Waals surface area contributed by atoms with E-state index in [1.807, 2.05) is 11.5 Å². The molecule has 0 saturated carbocycles. The Morgan fingerprint density at radius 1 is 1.40 bits per heavy atom. The molecule has 2 aromatic rings. The Bertz CT molecular complexity index is 656. The highest BCUT2D eigenvalue weighted by atomic mass is 19.1. The van der Waals surface area contributed by atoms with E-state index in [2.05, 4.69) is 10.2 Å². The third-order valence-electron chi connectivity index (χ3n) is 3.24. The number of nitrogens with zero attached hydrogens (tertiary/aromatic N) is 4. The van der Waals surface area contributed by atoms with Gasteiger partial charge in [0.1, 0.15) is 23.7 Å². The zero-order valence-electron chi connectivity index (χ0n) is 10.9. The summed E-state index contributed by atoms with van der Waals surface area (Å²) >= 11 is 0. The van der Waals surface area contributed by atoms with Crippen molar-refractivity contribution in [1.82, 2.24) is 14.8 Å². The Hall–Kier alpha value is -2.44. The average molecular weight is 276 g/mol. The van der Waals surface area contributed by atoms with Gasteiger partial charge >= 0.3 is 0 Å². The molecule has 0 unspecified atom stereocenters. The maximum atomic E-state index is 13.4. The van der Waals surface area contributed by atoms with Gasteiger partial charge in [0.25, 0.3) is 5.91 Å². The Labute approximate surface area is 114 Å². The minimum Gasteiger partial charge on any atom is -0.482 e. The van der Waals surface area contributed by atoms with Crippen molar-refractivity contribution in [2.24, 2.45) is 0 Å². The van der Waals surface area contributed by atoms with Gasteiger partial charge in [0, 0.05) is 19.2 Å². The predicted molar refractivity (Wildman–Crippen MR) is 69.0 cm³/mol. The van der Waals surface area contributed by atoms with Crippen LogP contribution in [0.5, 0.6) is 5.75 Å². The van der Waals surface area contributed by atoms with Gasteiger partial charge < -0.3 is 14.2 Å². The van der Waals surface area contributed by atoms with Crippen LogP contribution in [0.4, 0.5) is 10.1 Å². The normalized spacial score (nSPS) is 14.1. The van der Waals surface area contributed by atoms with Crippen LogP contribution in [0.15, 0.2) is 24.5 Å². The molecule has 0 spiro atoms. The van der Waals surface area contributed by atoms with Crippen molar-refractivity contribution < 1.29 is 13.9 Å². The summed E-state index contributed by atoms with van der Waals surface area (Å²) in [7, 11) is 0. The molecule has 1 amide bonds. The van der Waals surface area contributed by atoms with E-state index in [-0.39, 0.29) is 12.5 Å². The van der Waals surface area contributed by atoms with Gasteiger partial charge in [0.2, 0.25) is 0 Å². The Kier molecular flexibility index (Phi) is 3.09. The quantitative estimate of drug-likeness (QED) is 0.843. The Balaban J connectivity index is 1.84. The monoisotopic (exact) mass is 276 g/mol. The summed E-state index contributed by atoms with van der Waals surface area (Å²) in [5.74, 6) is 0.706. The molecule has 0 radical (unpaired) electrons. The molecule has 3 rings (SSSR count). The lowest BCUT2D eigenvalue weighted by Gasteiger charge is -2.29. The standard InChI is InChI=1S/C13H13FN4O2/c1-9-16-15-8-17(9)4-5-18-11-6-10(14)2-3-12(11)20-7-13(18)19/h2-3,6,8H,4-5,7H2,1H3. The molecular formula is C13H13FN4O2. The first-order valence-corrected chi connectivity index (χ1v) is 6.22. The highest BCUT2D eigenvalue weighted by Gasteiger charge is 2.25. The molecule has 0 N–H and O–H groups in total. The van der Waals surface area contributed by atoms with Gasteiger partial charge in [0.15, 0.2) is 6.61 Å². The molecule has 0 fully saturated rings. The lowest BCUT2D eigenvalue weighted by Crippen LogP contribution is -2.40. The second-order valence-electron chi connectivity index (χ2n) is 4.52. The zero-order chi connectivity index (χ0) is 14.1. The minimum atomic E-state index is -0.396. The van der Waals surface area contributed by atoms with Gasteiger partial charge in [-0.05, 0) is 19.1 Å². The van der Waals surface area contributed by atoms with Crippen LogP contribution in [0.3, 0.4) is 0 Å². The van der Waals surface area contributed by atoms with Crippen molar-refractivity contribution in [3.8, 4) is 5.75 Å². The summed E-state index contributed by atoms with van der Waals surface area (Å²) in [5.41, 5.74) is 0.465. The van der Waals surface area contributed by atoms with E-state index in [1.54, 1.807) is 6.33 Å². The summed E-state index contributed by atoms with van der Waals surface area (Å²) in [6, 6.07) is 4.16. The molecular weight excluding hydrogens is 263 g/mol. The van der Waals surface area contributed by atoms with Crippen molar-refractivity contribution in [2.75, 3.05) is 18.1 Å². The number of hydrogen-bond donors (Lipinski definition) is 0. The molecule has 1 aromatic carbocycles. The molecule has 6 nitrogen and oxygen atoms in total. The number of anilines is 1. The minimum absolute atomic E-state index is 0.0280. The summed E-state index contributed by atoms with van der Waals surface area (Å²) in [5, 5.41) is 7.67. The van der Waals surface area contributed by atoms with E-state index in [4.69, 9.17) is 4.74 Å². The van der Waals surface area contributed by atoms with Crippen molar-refractivity contribution in [2.45, 2.75) is 13.5 Å². The molecule has 1 aromatic heterocycles. The number of fused-ring (bicyclic) bond motifs is 1. The number of aromatic nitrogens is 3. The first-order valence-electron chi connectivity index (χ1n) is 6.22. The molecule has 7 heteroatoms. The molecule has 104 valence electrons. The summed E-state index contributed by atoms with van der Waals surface area (Å²) in [4.78, 5) is 13.5. The van der Waals surface area contributed by atoms with Gasteiger partial charge in [-0.25, -0.2) is 4.39 Å². The first-order chi connectivity index (χ1) is 9.65. The average Bonchev–Trinajstić information content (AvgIpc) is 2.83. The summed E-state index contributed by atoms with van der Waals surface area (Å²) in [6.45, 7) is 2.76. The Morgan fingerprint density at radius 3 is 3.00 bits per heavy atom. The second kappa shape index (κ2) is 4.92. The van der Waals surface area contributed by atoms with E-state index >= 15 is 0 Å². The maximum Gasteiger partial charge on any atom is 0.265 e. The van der Waals surface area contributed by atoms with Crippen LogP contribution >= 0.6 is 0 Å². The maximum absolute atomic E-state index is 13.4. The van der Waals surface area contributed by atoms with Crippen LogP contribution in [-0.4, -0.2) is 33.8 Å². The number of rotatable bonds is 3. The van der Waals surface area contributed by atoms with Crippen LogP contribution in [0.1, 0.15) is 5.82 Å². The van der Waals surface area contributed by atoms with Crippen LogP contribution in [-0.2, 0) is 11.3 Å². The van der Waals surface area contributed by atoms with Gasteiger partial charge in [-0.15, -0.1) is 10.2 Å². The van der Waals surface area contributed by atoms with Crippen LogP contribution < -0.4 is 9.64 Å². The van der Waals surface area contributed by atoms with E-state index in [1.165, 1.54) is 23.1 Å². The van der Waals surface area contributed by atoms with E-state index < -0.39 is 5.82 Å². The fourth-order valence-electron chi connectivity index (χ4n) is 2.16. The van der Waals surface area contributed by atoms with Crippen LogP contribution in [0.2, 0.25) is 0 Å². The SMILES string of the molecule is Cc1nncn1CCN1C(=O)COc2ccc(F)cc21. The molecule has 20 heavy (non-hydrogen) atoms. The number of halogens is 1. The van der Waals surface area contributed by atoms with Crippen LogP contribution in [0, 0.1) is 12.7 Å². The summed E-state index contributed by atoms with van der Waals surface area (Å²) in [6.07, 6.45) is 1.60. The smallest absolute Gasteiger partial charge is 0.265 e. The molecule has 1 aliphatic heterocycles. The molecule has 0 bridgehead atoms. The number of ether oxygens (including phenoxy) is 1. The fourth-order valence-corrected chi connectivity index (χ4v) is 2.16. The highest BCUT2D eigenvalue weighted by Crippen LogP contribution is 2.32. The molecule has 2 heterocycles. The van der Waals surface area contributed by atoms with E-state index in [9.17, 15) is 9.18 Å². The van der Waals surface area contributed by atoms with Crippen molar-refractivity contribution in [3.63, 3.8) is 0 Å². The predicted octanol–water partition coefficient (Wildman–Crippen LogP) is 1.15. The van der Waals surface area contributed by atoms with Gasteiger partial charge in [-0.3, -0.25) is 4.79 Å². The Morgan fingerprint density at radius 2 is 2.25 bits per heavy atom. The molecule has 1 aliphatic rings. The number of hydrogen-bond acceptors (Lipinski definition) is 4. The molecule has 0 atom stereocenters.